The lowest BCUT2D eigenvalue weighted by atomic mass is 9.51. The molecule has 3 nitrogen and oxygen atoms in total. The Morgan fingerprint density at radius 1 is 1.00 bits per heavy atom. The summed E-state index contributed by atoms with van der Waals surface area (Å²) in [6, 6.07) is 0.962. The fourth-order valence-electron chi connectivity index (χ4n) is 5.91. The monoisotopic (exact) mass is 276 g/mol. The van der Waals surface area contributed by atoms with Gasteiger partial charge in [0.15, 0.2) is 0 Å². The first kappa shape index (κ1) is 13.1. The molecule has 1 amide bonds. The number of carbonyl (C=O) groups excluding carboxylic acids is 1. The van der Waals surface area contributed by atoms with E-state index in [9.17, 15) is 4.79 Å². The lowest BCUT2D eigenvalue weighted by molar-refractivity contribution is -0.139. The minimum atomic E-state index is 0.355. The SMILES string of the molecule is CC1CC(NC(=O)C2C3CC4CC(C3)CC2C4)CCN1. The lowest BCUT2D eigenvalue weighted by Gasteiger charge is -2.53. The Balaban J connectivity index is 1.41. The van der Waals surface area contributed by atoms with Crippen LogP contribution in [0.2, 0.25) is 0 Å². The molecule has 3 heteroatoms. The summed E-state index contributed by atoms with van der Waals surface area (Å²) in [6.07, 6.45) is 9.03. The Hall–Kier alpha value is -0.570. The van der Waals surface area contributed by atoms with Gasteiger partial charge in [-0.1, -0.05) is 0 Å². The third-order valence-electron chi connectivity index (χ3n) is 6.50. The Morgan fingerprint density at radius 2 is 1.65 bits per heavy atom. The van der Waals surface area contributed by atoms with Gasteiger partial charge in [-0.3, -0.25) is 4.79 Å². The number of carbonyl (C=O) groups is 1. The van der Waals surface area contributed by atoms with E-state index in [1.54, 1.807) is 0 Å². The van der Waals surface area contributed by atoms with Gasteiger partial charge < -0.3 is 10.6 Å². The van der Waals surface area contributed by atoms with E-state index in [4.69, 9.17) is 0 Å². The average Bonchev–Trinajstić information content (AvgIpc) is 2.37. The molecule has 0 aromatic heterocycles. The normalized spacial score (nSPS) is 50.1. The molecule has 1 heterocycles. The van der Waals surface area contributed by atoms with Crippen molar-refractivity contribution in [3.05, 3.63) is 0 Å². The van der Waals surface area contributed by atoms with Gasteiger partial charge in [-0.05, 0) is 82.1 Å². The van der Waals surface area contributed by atoms with E-state index in [0.29, 0.717) is 35.7 Å². The van der Waals surface area contributed by atoms with E-state index in [2.05, 4.69) is 17.6 Å². The first-order chi connectivity index (χ1) is 9.69. The van der Waals surface area contributed by atoms with Crippen LogP contribution in [0.1, 0.15) is 51.9 Å². The molecule has 0 aromatic rings. The summed E-state index contributed by atoms with van der Waals surface area (Å²) in [7, 11) is 0. The molecule has 0 radical (unpaired) electrons. The molecule has 20 heavy (non-hydrogen) atoms. The fourth-order valence-corrected chi connectivity index (χ4v) is 5.91. The smallest absolute Gasteiger partial charge is 0.223 e. The van der Waals surface area contributed by atoms with Gasteiger partial charge in [-0.2, -0.15) is 0 Å². The summed E-state index contributed by atoms with van der Waals surface area (Å²) in [4.78, 5) is 12.8. The van der Waals surface area contributed by atoms with Crippen LogP contribution in [-0.2, 0) is 4.79 Å². The molecule has 5 fully saturated rings. The highest BCUT2D eigenvalue weighted by Gasteiger charge is 2.50. The van der Waals surface area contributed by atoms with Crippen molar-refractivity contribution in [2.24, 2.45) is 29.6 Å². The fraction of sp³-hybridized carbons (Fsp3) is 0.941. The van der Waals surface area contributed by atoms with Crippen LogP contribution in [0.25, 0.3) is 0 Å². The highest BCUT2D eigenvalue weighted by molar-refractivity contribution is 5.80. The summed E-state index contributed by atoms with van der Waals surface area (Å²) < 4.78 is 0. The summed E-state index contributed by atoms with van der Waals surface area (Å²) in [5, 5.41) is 6.86. The van der Waals surface area contributed by atoms with Gasteiger partial charge in [0.25, 0.3) is 0 Å². The minimum absolute atomic E-state index is 0.355. The van der Waals surface area contributed by atoms with Gasteiger partial charge in [0.1, 0.15) is 0 Å². The van der Waals surface area contributed by atoms with Crippen LogP contribution in [-0.4, -0.2) is 24.5 Å². The maximum absolute atomic E-state index is 12.8. The molecule has 5 rings (SSSR count). The van der Waals surface area contributed by atoms with Gasteiger partial charge in [0, 0.05) is 18.0 Å². The van der Waals surface area contributed by atoms with Crippen LogP contribution in [0, 0.1) is 29.6 Å². The van der Waals surface area contributed by atoms with Crippen molar-refractivity contribution in [1.29, 1.82) is 0 Å². The highest BCUT2D eigenvalue weighted by Crippen LogP contribution is 2.56. The maximum atomic E-state index is 12.8. The third-order valence-corrected chi connectivity index (χ3v) is 6.50. The second kappa shape index (κ2) is 5.01. The Labute approximate surface area is 122 Å². The number of nitrogens with one attached hydrogen (secondary N) is 2. The van der Waals surface area contributed by atoms with Gasteiger partial charge in [-0.25, -0.2) is 0 Å². The van der Waals surface area contributed by atoms with E-state index < -0.39 is 0 Å². The molecule has 5 aliphatic rings. The van der Waals surface area contributed by atoms with Crippen LogP contribution < -0.4 is 10.6 Å². The minimum Gasteiger partial charge on any atom is -0.353 e. The van der Waals surface area contributed by atoms with Gasteiger partial charge in [0.2, 0.25) is 5.91 Å². The van der Waals surface area contributed by atoms with E-state index in [0.717, 1.165) is 31.2 Å². The quantitative estimate of drug-likeness (QED) is 0.812. The highest BCUT2D eigenvalue weighted by atomic mass is 16.2. The topological polar surface area (TPSA) is 41.1 Å². The first-order valence-corrected chi connectivity index (χ1v) is 8.72. The number of piperidine rings is 1. The summed E-state index contributed by atoms with van der Waals surface area (Å²) >= 11 is 0. The zero-order chi connectivity index (χ0) is 13.7. The maximum Gasteiger partial charge on any atom is 0.223 e. The van der Waals surface area contributed by atoms with E-state index >= 15 is 0 Å². The van der Waals surface area contributed by atoms with Crippen molar-refractivity contribution >= 4 is 5.91 Å². The van der Waals surface area contributed by atoms with Crippen molar-refractivity contribution in [2.75, 3.05) is 6.54 Å². The molecule has 1 aliphatic heterocycles. The van der Waals surface area contributed by atoms with Crippen LogP contribution in [0.15, 0.2) is 0 Å². The van der Waals surface area contributed by atoms with Crippen molar-refractivity contribution in [1.82, 2.24) is 10.6 Å². The summed E-state index contributed by atoms with van der Waals surface area (Å²) in [6.45, 7) is 3.27. The molecule has 2 N–H and O–H groups in total. The zero-order valence-electron chi connectivity index (χ0n) is 12.6. The van der Waals surface area contributed by atoms with Gasteiger partial charge >= 0.3 is 0 Å². The molecule has 1 saturated heterocycles. The van der Waals surface area contributed by atoms with Crippen LogP contribution >= 0.6 is 0 Å². The lowest BCUT2D eigenvalue weighted by Crippen LogP contribution is -2.54. The zero-order valence-corrected chi connectivity index (χ0v) is 12.6. The predicted octanol–water partition coefficient (Wildman–Crippen LogP) is 2.32. The number of hydrogen-bond acceptors (Lipinski definition) is 2. The third kappa shape index (κ3) is 2.28. The second-order valence-corrected chi connectivity index (χ2v) is 8.04. The van der Waals surface area contributed by atoms with Crippen molar-refractivity contribution < 1.29 is 4.79 Å². The van der Waals surface area contributed by atoms with Crippen molar-refractivity contribution in [3.8, 4) is 0 Å². The molecule has 2 atom stereocenters. The van der Waals surface area contributed by atoms with Gasteiger partial charge in [0.05, 0.1) is 0 Å². The molecule has 0 spiro atoms. The summed E-state index contributed by atoms with van der Waals surface area (Å²) in [5.74, 6) is 4.10. The molecule has 0 aromatic carbocycles. The molecule has 4 saturated carbocycles. The molecule has 2 unspecified atom stereocenters. The Kier molecular flexibility index (Phi) is 3.29. The van der Waals surface area contributed by atoms with Crippen LogP contribution in [0.4, 0.5) is 0 Å². The number of amides is 1. The largest absolute Gasteiger partial charge is 0.353 e. The molecular formula is C17H28N2O. The van der Waals surface area contributed by atoms with E-state index in [1.807, 2.05) is 0 Å². The molecular weight excluding hydrogens is 248 g/mol. The van der Waals surface area contributed by atoms with Crippen molar-refractivity contribution in [2.45, 2.75) is 64.0 Å². The van der Waals surface area contributed by atoms with E-state index in [1.165, 1.54) is 32.1 Å². The first-order valence-electron chi connectivity index (χ1n) is 8.72. The standard InChI is InChI=1S/C17H28N2O/c1-10-4-15(2-3-18-10)19-17(20)16-13-6-11-5-12(8-13)9-14(16)7-11/h10-16,18H,2-9H2,1H3,(H,19,20). The molecule has 4 bridgehead atoms. The number of hydrogen-bond donors (Lipinski definition) is 2. The van der Waals surface area contributed by atoms with E-state index in [-0.39, 0.29) is 0 Å². The number of rotatable bonds is 2. The predicted molar refractivity (Wildman–Crippen MR) is 79.2 cm³/mol. The van der Waals surface area contributed by atoms with Gasteiger partial charge in [-0.15, -0.1) is 0 Å². The molecule has 112 valence electrons. The van der Waals surface area contributed by atoms with Crippen LogP contribution in [0.3, 0.4) is 0 Å². The van der Waals surface area contributed by atoms with Crippen molar-refractivity contribution in [3.63, 3.8) is 0 Å². The van der Waals surface area contributed by atoms with Crippen LogP contribution in [0.5, 0.6) is 0 Å². The second-order valence-electron chi connectivity index (χ2n) is 8.04. The molecule has 4 aliphatic carbocycles. The summed E-state index contributed by atoms with van der Waals surface area (Å²) in [5.41, 5.74) is 0. The Morgan fingerprint density at radius 3 is 2.25 bits per heavy atom. The average molecular weight is 276 g/mol. The Bertz CT molecular complexity index is 366.